The molecule has 4 aromatic rings. The number of anilines is 1. The zero-order valence-corrected chi connectivity index (χ0v) is 13.0. The maximum absolute atomic E-state index is 12.5. The Hall–Kier alpha value is -2.80. The van der Waals surface area contributed by atoms with Crippen molar-refractivity contribution < 1.29 is 12.8 Å². The number of nitrogens with one attached hydrogen (secondary N) is 1. The quantitative estimate of drug-likeness (QED) is 0.627. The molecular formula is C16H13N3O3S. The van der Waals surface area contributed by atoms with Crippen LogP contribution in [-0.2, 0) is 17.1 Å². The van der Waals surface area contributed by atoms with Crippen molar-refractivity contribution in [3.05, 3.63) is 54.9 Å². The Morgan fingerprint density at radius 3 is 2.65 bits per heavy atom. The highest BCUT2D eigenvalue weighted by Gasteiger charge is 2.17. The van der Waals surface area contributed by atoms with Crippen LogP contribution in [0.5, 0.6) is 0 Å². The van der Waals surface area contributed by atoms with Crippen molar-refractivity contribution >= 4 is 37.6 Å². The molecule has 116 valence electrons. The van der Waals surface area contributed by atoms with Gasteiger partial charge in [-0.15, -0.1) is 0 Å². The summed E-state index contributed by atoms with van der Waals surface area (Å²) in [5.41, 5.74) is 1.81. The monoisotopic (exact) mass is 327 g/mol. The Balaban J connectivity index is 1.83. The second-order valence-corrected chi connectivity index (χ2v) is 6.95. The number of nitrogens with zero attached hydrogens (tertiary/aromatic N) is 2. The minimum absolute atomic E-state index is 0.181. The summed E-state index contributed by atoms with van der Waals surface area (Å²) >= 11 is 0. The number of furan rings is 1. The van der Waals surface area contributed by atoms with Crippen LogP contribution >= 0.6 is 0 Å². The average molecular weight is 327 g/mol. The molecule has 0 spiro atoms. The Morgan fingerprint density at radius 1 is 1.09 bits per heavy atom. The van der Waals surface area contributed by atoms with Gasteiger partial charge in [0.15, 0.2) is 0 Å². The van der Waals surface area contributed by atoms with Gasteiger partial charge in [0.2, 0.25) is 0 Å². The van der Waals surface area contributed by atoms with E-state index in [0.29, 0.717) is 11.3 Å². The number of sulfonamides is 1. The topological polar surface area (TPSA) is 77.1 Å². The van der Waals surface area contributed by atoms with Crippen LogP contribution in [-0.4, -0.2) is 18.2 Å². The van der Waals surface area contributed by atoms with Crippen LogP contribution in [0.1, 0.15) is 0 Å². The molecule has 0 saturated heterocycles. The average Bonchev–Trinajstić information content (AvgIpc) is 3.09. The zero-order chi connectivity index (χ0) is 16.0. The van der Waals surface area contributed by atoms with Gasteiger partial charge in [0.1, 0.15) is 11.2 Å². The molecule has 0 bridgehead atoms. The smallest absolute Gasteiger partial charge is 0.262 e. The van der Waals surface area contributed by atoms with Crippen molar-refractivity contribution in [3.8, 4) is 0 Å². The van der Waals surface area contributed by atoms with Gasteiger partial charge >= 0.3 is 0 Å². The highest BCUT2D eigenvalue weighted by Crippen LogP contribution is 2.30. The van der Waals surface area contributed by atoms with Gasteiger partial charge in [-0.1, -0.05) is 18.2 Å². The standard InChI is InChI=1S/C16H13N3O3S/c1-19-10-11(9-17-19)18-23(20,21)12-6-7-16-14(8-12)13-4-2-3-5-15(13)22-16/h2-10,18H,1H3. The number of aromatic nitrogens is 2. The van der Waals surface area contributed by atoms with Crippen molar-refractivity contribution in [2.75, 3.05) is 4.72 Å². The van der Waals surface area contributed by atoms with Crippen molar-refractivity contribution in [1.29, 1.82) is 0 Å². The molecule has 7 heteroatoms. The number of aryl methyl sites for hydroxylation is 1. The lowest BCUT2D eigenvalue weighted by Crippen LogP contribution is -2.12. The SMILES string of the molecule is Cn1cc(NS(=O)(=O)c2ccc3oc4ccccc4c3c2)cn1. The largest absolute Gasteiger partial charge is 0.456 e. The molecule has 0 saturated carbocycles. The summed E-state index contributed by atoms with van der Waals surface area (Å²) in [7, 11) is -1.96. The summed E-state index contributed by atoms with van der Waals surface area (Å²) in [5, 5.41) is 5.61. The molecule has 0 aliphatic rings. The van der Waals surface area contributed by atoms with Crippen molar-refractivity contribution in [2.24, 2.45) is 7.05 Å². The Morgan fingerprint density at radius 2 is 1.87 bits per heavy atom. The van der Waals surface area contributed by atoms with E-state index in [1.165, 1.54) is 16.9 Å². The van der Waals surface area contributed by atoms with Gasteiger partial charge in [-0.3, -0.25) is 9.40 Å². The van der Waals surface area contributed by atoms with Crippen LogP contribution in [0.15, 0.2) is 64.2 Å². The van der Waals surface area contributed by atoms with Gasteiger partial charge in [-0.2, -0.15) is 5.10 Å². The number of hydrogen-bond acceptors (Lipinski definition) is 4. The minimum Gasteiger partial charge on any atom is -0.456 e. The Labute approximate surface area is 132 Å². The third-order valence-electron chi connectivity index (χ3n) is 3.62. The van der Waals surface area contributed by atoms with Gasteiger partial charge in [0.25, 0.3) is 10.0 Å². The second kappa shape index (κ2) is 4.85. The van der Waals surface area contributed by atoms with Crippen LogP contribution in [0, 0.1) is 0 Å². The first-order valence-corrected chi connectivity index (χ1v) is 8.44. The molecule has 2 aromatic carbocycles. The molecule has 2 aromatic heterocycles. The molecule has 0 radical (unpaired) electrons. The molecule has 6 nitrogen and oxygen atoms in total. The van der Waals surface area contributed by atoms with Gasteiger partial charge in [-0.05, 0) is 24.3 Å². The third-order valence-corrected chi connectivity index (χ3v) is 4.99. The highest BCUT2D eigenvalue weighted by atomic mass is 32.2. The summed E-state index contributed by atoms with van der Waals surface area (Å²) in [5.74, 6) is 0. The summed E-state index contributed by atoms with van der Waals surface area (Å²) in [4.78, 5) is 0.181. The van der Waals surface area contributed by atoms with Crippen LogP contribution in [0.25, 0.3) is 21.9 Å². The number of rotatable bonds is 3. The lowest BCUT2D eigenvalue weighted by Gasteiger charge is -2.05. The zero-order valence-electron chi connectivity index (χ0n) is 12.2. The molecule has 4 rings (SSSR count). The fourth-order valence-corrected chi connectivity index (χ4v) is 3.61. The van der Waals surface area contributed by atoms with Gasteiger partial charge in [0.05, 0.1) is 16.8 Å². The van der Waals surface area contributed by atoms with Gasteiger partial charge in [0, 0.05) is 24.0 Å². The van der Waals surface area contributed by atoms with E-state index in [9.17, 15) is 8.42 Å². The van der Waals surface area contributed by atoms with E-state index in [-0.39, 0.29) is 4.90 Å². The van der Waals surface area contributed by atoms with Crippen molar-refractivity contribution in [3.63, 3.8) is 0 Å². The molecule has 23 heavy (non-hydrogen) atoms. The first-order chi connectivity index (χ1) is 11.0. The van der Waals surface area contributed by atoms with Crippen molar-refractivity contribution in [1.82, 2.24) is 9.78 Å². The first-order valence-electron chi connectivity index (χ1n) is 6.96. The molecule has 0 fully saturated rings. The van der Waals surface area contributed by atoms with Gasteiger partial charge < -0.3 is 4.42 Å². The molecule has 2 heterocycles. The normalized spacial score (nSPS) is 12.0. The van der Waals surface area contributed by atoms with E-state index in [2.05, 4.69) is 9.82 Å². The number of hydrogen-bond donors (Lipinski definition) is 1. The number of para-hydroxylation sites is 1. The lowest BCUT2D eigenvalue weighted by molar-refractivity contribution is 0.601. The summed E-state index contributed by atoms with van der Waals surface area (Å²) in [6.45, 7) is 0. The van der Waals surface area contributed by atoms with Crippen LogP contribution in [0.3, 0.4) is 0 Å². The maximum atomic E-state index is 12.5. The highest BCUT2D eigenvalue weighted by molar-refractivity contribution is 7.92. The van der Waals surface area contributed by atoms with E-state index in [1.807, 2.05) is 24.3 Å². The van der Waals surface area contributed by atoms with Crippen molar-refractivity contribution in [2.45, 2.75) is 4.90 Å². The van der Waals surface area contributed by atoms with E-state index >= 15 is 0 Å². The number of benzene rings is 2. The summed E-state index contributed by atoms with van der Waals surface area (Å²) in [6.07, 6.45) is 3.06. The Bertz CT molecular complexity index is 1130. The van der Waals surface area contributed by atoms with Crippen LogP contribution in [0.2, 0.25) is 0 Å². The van der Waals surface area contributed by atoms with E-state index in [1.54, 1.807) is 25.4 Å². The van der Waals surface area contributed by atoms with Gasteiger partial charge in [-0.25, -0.2) is 8.42 Å². The van der Waals surface area contributed by atoms with Crippen LogP contribution < -0.4 is 4.72 Å². The maximum Gasteiger partial charge on any atom is 0.262 e. The van der Waals surface area contributed by atoms with E-state index < -0.39 is 10.0 Å². The lowest BCUT2D eigenvalue weighted by atomic mass is 10.1. The number of fused-ring (bicyclic) bond motifs is 3. The molecule has 0 atom stereocenters. The Kier molecular flexibility index (Phi) is 2.92. The van der Waals surface area contributed by atoms with E-state index in [0.717, 1.165) is 16.4 Å². The predicted octanol–water partition coefficient (Wildman–Crippen LogP) is 3.12. The minimum atomic E-state index is -3.68. The second-order valence-electron chi connectivity index (χ2n) is 5.26. The first kappa shape index (κ1) is 13.8. The predicted molar refractivity (Wildman–Crippen MR) is 87.7 cm³/mol. The summed E-state index contributed by atoms with van der Waals surface area (Å²) < 4.78 is 34.8. The molecule has 0 amide bonds. The molecule has 0 aliphatic heterocycles. The fourth-order valence-electron chi connectivity index (χ4n) is 2.56. The van der Waals surface area contributed by atoms with Crippen LogP contribution in [0.4, 0.5) is 5.69 Å². The summed E-state index contributed by atoms with van der Waals surface area (Å²) in [6, 6.07) is 12.4. The molecule has 0 aliphatic carbocycles. The third kappa shape index (κ3) is 2.35. The van der Waals surface area contributed by atoms with E-state index in [4.69, 9.17) is 4.42 Å². The molecule has 0 unspecified atom stereocenters. The fraction of sp³-hybridized carbons (Fsp3) is 0.0625. The molecule has 1 N–H and O–H groups in total. The molecular weight excluding hydrogens is 314 g/mol.